The first-order valence-electron chi connectivity index (χ1n) is 9.84. The van der Waals surface area contributed by atoms with Gasteiger partial charge in [0.25, 0.3) is 0 Å². The van der Waals surface area contributed by atoms with Crippen LogP contribution < -0.4 is 15.4 Å². The van der Waals surface area contributed by atoms with Crippen molar-refractivity contribution < 1.29 is 9.53 Å². The lowest BCUT2D eigenvalue weighted by atomic mass is 9.92. The normalized spacial score (nSPS) is 19.6. The molecular weight excluding hydrogens is 388 g/mol. The monoisotopic (exact) mass is 412 g/mol. The SMILES string of the molecule is COc1ccc(-n2c(NC(=O)C3CC34CCNCC4)nc3ccccc32)cc1.Cl. The average Bonchev–Trinajstić information content (AvgIpc) is 3.30. The number of carbonyl (C=O) groups excluding carboxylic acids is 1. The summed E-state index contributed by atoms with van der Waals surface area (Å²) in [6, 6.07) is 15.7. The van der Waals surface area contributed by atoms with Crippen LogP contribution in [0, 0.1) is 11.3 Å². The number of halogens is 1. The van der Waals surface area contributed by atoms with E-state index < -0.39 is 0 Å². The van der Waals surface area contributed by atoms with Gasteiger partial charge in [0.05, 0.1) is 18.1 Å². The van der Waals surface area contributed by atoms with Gasteiger partial charge in [0.15, 0.2) is 0 Å². The number of nitrogens with zero attached hydrogens (tertiary/aromatic N) is 2. The summed E-state index contributed by atoms with van der Waals surface area (Å²) in [6.45, 7) is 2.02. The molecule has 3 aromatic rings. The van der Waals surface area contributed by atoms with Gasteiger partial charge in [-0.1, -0.05) is 12.1 Å². The minimum absolute atomic E-state index is 0. The summed E-state index contributed by atoms with van der Waals surface area (Å²) in [5.74, 6) is 1.56. The molecule has 1 atom stereocenters. The molecule has 1 aromatic heterocycles. The Morgan fingerprint density at radius 1 is 1.17 bits per heavy atom. The quantitative estimate of drug-likeness (QED) is 0.684. The highest BCUT2D eigenvalue weighted by Gasteiger charge is 2.57. The van der Waals surface area contributed by atoms with Crippen molar-refractivity contribution in [1.29, 1.82) is 0 Å². The summed E-state index contributed by atoms with van der Waals surface area (Å²) in [5.41, 5.74) is 2.97. The van der Waals surface area contributed by atoms with Gasteiger partial charge in [0, 0.05) is 11.6 Å². The van der Waals surface area contributed by atoms with E-state index in [-0.39, 0.29) is 29.6 Å². The van der Waals surface area contributed by atoms with Crippen LogP contribution >= 0.6 is 12.4 Å². The molecule has 2 aromatic carbocycles. The van der Waals surface area contributed by atoms with Crippen molar-refractivity contribution in [3.63, 3.8) is 0 Å². The molecule has 7 heteroatoms. The van der Waals surface area contributed by atoms with Gasteiger partial charge >= 0.3 is 0 Å². The number of imidazole rings is 1. The van der Waals surface area contributed by atoms with E-state index in [0.29, 0.717) is 5.95 Å². The number of carbonyl (C=O) groups is 1. The minimum Gasteiger partial charge on any atom is -0.497 e. The van der Waals surface area contributed by atoms with Crippen molar-refractivity contribution in [2.45, 2.75) is 19.3 Å². The largest absolute Gasteiger partial charge is 0.497 e. The van der Waals surface area contributed by atoms with E-state index in [0.717, 1.165) is 54.8 Å². The molecule has 1 aliphatic carbocycles. The Labute approximate surface area is 176 Å². The van der Waals surface area contributed by atoms with E-state index in [4.69, 9.17) is 9.72 Å². The van der Waals surface area contributed by atoms with Crippen LogP contribution in [0.4, 0.5) is 5.95 Å². The van der Waals surface area contributed by atoms with Gasteiger partial charge in [-0.25, -0.2) is 4.98 Å². The van der Waals surface area contributed by atoms with Crippen molar-refractivity contribution in [1.82, 2.24) is 14.9 Å². The summed E-state index contributed by atoms with van der Waals surface area (Å²) < 4.78 is 7.28. The topological polar surface area (TPSA) is 68.2 Å². The average molecular weight is 413 g/mol. The Bertz CT molecular complexity index is 1020. The molecule has 1 unspecified atom stereocenters. The molecule has 1 spiro atoms. The third-order valence-electron chi connectivity index (χ3n) is 6.23. The van der Waals surface area contributed by atoms with Gasteiger partial charge in [0.2, 0.25) is 11.9 Å². The van der Waals surface area contributed by atoms with Gasteiger partial charge in [-0.3, -0.25) is 14.7 Å². The number of aromatic nitrogens is 2. The Morgan fingerprint density at radius 3 is 2.62 bits per heavy atom. The number of hydrogen-bond donors (Lipinski definition) is 2. The number of methoxy groups -OCH3 is 1. The molecule has 2 fully saturated rings. The fourth-order valence-corrected chi connectivity index (χ4v) is 4.50. The molecule has 2 heterocycles. The molecule has 29 heavy (non-hydrogen) atoms. The summed E-state index contributed by atoms with van der Waals surface area (Å²) in [6.07, 6.45) is 3.16. The van der Waals surface area contributed by atoms with Crippen LogP contribution in [0.25, 0.3) is 16.7 Å². The number of para-hydroxylation sites is 2. The predicted octanol–water partition coefficient (Wildman–Crippen LogP) is 3.78. The van der Waals surface area contributed by atoms with Crippen LogP contribution in [0.2, 0.25) is 0 Å². The standard InChI is InChI=1S/C22H24N4O2.ClH/c1-28-16-8-6-15(7-9-16)26-19-5-3-2-4-18(19)24-21(26)25-20(27)17-14-22(17)10-12-23-13-11-22;/h2-9,17,23H,10-14H2,1H3,(H,24,25,27);1H. The Kier molecular flexibility index (Phi) is 5.23. The maximum absolute atomic E-state index is 13.0. The fourth-order valence-electron chi connectivity index (χ4n) is 4.50. The van der Waals surface area contributed by atoms with Gasteiger partial charge in [-0.15, -0.1) is 12.4 Å². The highest BCUT2D eigenvalue weighted by Crippen LogP contribution is 2.58. The first-order valence-corrected chi connectivity index (χ1v) is 9.84. The zero-order valence-corrected chi connectivity index (χ0v) is 17.2. The van der Waals surface area contributed by atoms with Gasteiger partial charge < -0.3 is 10.1 Å². The fraction of sp³-hybridized carbons (Fsp3) is 0.364. The van der Waals surface area contributed by atoms with Crippen molar-refractivity contribution in [2.75, 3.05) is 25.5 Å². The number of amides is 1. The van der Waals surface area contributed by atoms with E-state index in [1.807, 2.05) is 53.1 Å². The number of nitrogens with one attached hydrogen (secondary N) is 2. The molecule has 1 saturated carbocycles. The highest BCUT2D eigenvalue weighted by molar-refractivity contribution is 5.96. The number of hydrogen-bond acceptors (Lipinski definition) is 4. The van der Waals surface area contributed by atoms with Crippen LogP contribution in [-0.4, -0.2) is 35.7 Å². The lowest BCUT2D eigenvalue weighted by molar-refractivity contribution is -0.118. The first-order chi connectivity index (χ1) is 13.7. The third-order valence-corrected chi connectivity index (χ3v) is 6.23. The number of fused-ring (bicyclic) bond motifs is 1. The van der Waals surface area contributed by atoms with Crippen LogP contribution in [0.3, 0.4) is 0 Å². The third kappa shape index (κ3) is 3.47. The molecule has 6 nitrogen and oxygen atoms in total. The van der Waals surface area contributed by atoms with E-state index >= 15 is 0 Å². The van der Waals surface area contributed by atoms with Crippen LogP contribution in [-0.2, 0) is 4.79 Å². The zero-order valence-electron chi connectivity index (χ0n) is 16.4. The van der Waals surface area contributed by atoms with E-state index in [1.54, 1.807) is 7.11 Å². The summed E-state index contributed by atoms with van der Waals surface area (Å²) in [4.78, 5) is 17.7. The molecule has 2 N–H and O–H groups in total. The second-order valence-electron chi connectivity index (χ2n) is 7.82. The Morgan fingerprint density at radius 2 is 1.90 bits per heavy atom. The summed E-state index contributed by atoms with van der Waals surface area (Å²) >= 11 is 0. The molecule has 0 radical (unpaired) electrons. The number of ether oxygens (including phenoxy) is 1. The van der Waals surface area contributed by atoms with Crippen molar-refractivity contribution in [2.24, 2.45) is 11.3 Å². The van der Waals surface area contributed by atoms with Gasteiger partial charge in [-0.2, -0.15) is 0 Å². The molecule has 0 bridgehead atoms. The number of anilines is 1. The number of rotatable bonds is 4. The number of piperidine rings is 1. The Balaban J connectivity index is 0.00000205. The smallest absolute Gasteiger partial charge is 0.230 e. The molecular formula is C22H25ClN4O2. The summed E-state index contributed by atoms with van der Waals surface area (Å²) in [7, 11) is 1.65. The molecule has 152 valence electrons. The van der Waals surface area contributed by atoms with Crippen molar-refractivity contribution in [3.8, 4) is 11.4 Å². The van der Waals surface area contributed by atoms with Gasteiger partial charge in [-0.05, 0) is 74.2 Å². The minimum atomic E-state index is 0. The molecule has 1 aliphatic heterocycles. The molecule has 1 amide bonds. The number of benzene rings is 2. The summed E-state index contributed by atoms with van der Waals surface area (Å²) in [5, 5.41) is 6.51. The first kappa shape index (κ1) is 19.7. The van der Waals surface area contributed by atoms with Crippen molar-refractivity contribution in [3.05, 3.63) is 48.5 Å². The molecule has 2 aliphatic rings. The van der Waals surface area contributed by atoms with Crippen LogP contribution in [0.5, 0.6) is 5.75 Å². The van der Waals surface area contributed by atoms with E-state index in [9.17, 15) is 4.79 Å². The van der Waals surface area contributed by atoms with Crippen molar-refractivity contribution >= 4 is 35.3 Å². The Hall–Kier alpha value is -2.57. The lowest BCUT2D eigenvalue weighted by Gasteiger charge is -2.23. The van der Waals surface area contributed by atoms with E-state index in [1.165, 1.54) is 0 Å². The van der Waals surface area contributed by atoms with E-state index in [2.05, 4.69) is 10.6 Å². The second kappa shape index (κ2) is 7.69. The maximum atomic E-state index is 13.0. The second-order valence-corrected chi connectivity index (χ2v) is 7.82. The zero-order chi connectivity index (χ0) is 19.1. The lowest BCUT2D eigenvalue weighted by Crippen LogP contribution is -2.32. The van der Waals surface area contributed by atoms with Crippen LogP contribution in [0.15, 0.2) is 48.5 Å². The maximum Gasteiger partial charge on any atom is 0.230 e. The van der Waals surface area contributed by atoms with Gasteiger partial charge in [0.1, 0.15) is 5.75 Å². The predicted molar refractivity (Wildman–Crippen MR) is 116 cm³/mol. The highest BCUT2D eigenvalue weighted by atomic mass is 35.5. The van der Waals surface area contributed by atoms with Crippen LogP contribution in [0.1, 0.15) is 19.3 Å². The molecule has 5 rings (SSSR count). The molecule has 1 saturated heterocycles.